The molecule has 0 heterocycles. The van der Waals surface area contributed by atoms with Crippen LogP contribution >= 0.6 is 23.2 Å². The fraction of sp³-hybridized carbons (Fsp3) is 0.188. The average molecular weight is 323 g/mol. The van der Waals surface area contributed by atoms with Crippen LogP contribution in [0.25, 0.3) is 0 Å². The van der Waals surface area contributed by atoms with Crippen molar-refractivity contribution in [2.75, 3.05) is 17.2 Å². The monoisotopic (exact) mass is 322 g/mol. The van der Waals surface area contributed by atoms with Crippen LogP contribution in [-0.2, 0) is 4.79 Å². The molecule has 0 unspecified atom stereocenters. The molecular weight excluding hydrogens is 307 g/mol. The van der Waals surface area contributed by atoms with Crippen LogP contribution in [0.15, 0.2) is 42.5 Å². The Morgan fingerprint density at radius 2 is 1.90 bits per heavy atom. The van der Waals surface area contributed by atoms with Crippen molar-refractivity contribution in [2.24, 2.45) is 0 Å². The molecule has 1 amide bonds. The van der Waals surface area contributed by atoms with Gasteiger partial charge in [0.25, 0.3) is 0 Å². The first-order chi connectivity index (χ1) is 10.1. The van der Waals surface area contributed by atoms with E-state index in [2.05, 4.69) is 10.6 Å². The van der Waals surface area contributed by atoms with E-state index in [0.717, 1.165) is 16.9 Å². The fourth-order valence-electron chi connectivity index (χ4n) is 1.87. The number of anilines is 2. The molecule has 0 radical (unpaired) electrons. The van der Waals surface area contributed by atoms with E-state index in [0.29, 0.717) is 23.0 Å². The Balaban J connectivity index is 1.84. The minimum atomic E-state index is -0.0603. The number of carbonyl (C=O) groups excluding carboxylic acids is 1. The fourth-order valence-corrected chi connectivity index (χ4v) is 2.24. The summed E-state index contributed by atoms with van der Waals surface area (Å²) in [6.45, 7) is 2.41. The summed E-state index contributed by atoms with van der Waals surface area (Å²) in [5, 5.41) is 7.33. The highest BCUT2D eigenvalue weighted by atomic mass is 35.5. The average Bonchev–Trinajstić information content (AvgIpc) is 2.44. The molecule has 0 fully saturated rings. The maximum absolute atomic E-state index is 11.9. The molecule has 0 aliphatic rings. The number of nitrogens with one attached hydrogen (secondary N) is 2. The van der Waals surface area contributed by atoms with E-state index >= 15 is 0 Å². The quantitative estimate of drug-likeness (QED) is 0.834. The molecule has 0 saturated heterocycles. The third-order valence-electron chi connectivity index (χ3n) is 3.05. The van der Waals surface area contributed by atoms with Crippen LogP contribution in [0, 0.1) is 6.92 Å². The molecule has 2 N–H and O–H groups in total. The molecule has 0 atom stereocenters. The molecule has 110 valence electrons. The van der Waals surface area contributed by atoms with Crippen molar-refractivity contribution in [3.8, 4) is 0 Å². The number of amides is 1. The summed E-state index contributed by atoms with van der Waals surface area (Å²) in [4.78, 5) is 11.9. The zero-order chi connectivity index (χ0) is 15.2. The first-order valence-corrected chi connectivity index (χ1v) is 7.36. The molecule has 5 heteroatoms. The van der Waals surface area contributed by atoms with Crippen LogP contribution in [-0.4, -0.2) is 12.5 Å². The molecule has 0 aromatic heterocycles. The lowest BCUT2D eigenvalue weighted by Gasteiger charge is -2.10. The van der Waals surface area contributed by atoms with Crippen LogP contribution in [0.1, 0.15) is 12.0 Å². The van der Waals surface area contributed by atoms with Crippen LogP contribution in [0.2, 0.25) is 10.0 Å². The highest BCUT2D eigenvalue weighted by Gasteiger charge is 2.06. The van der Waals surface area contributed by atoms with E-state index in [9.17, 15) is 4.79 Å². The molecule has 0 aliphatic carbocycles. The summed E-state index contributed by atoms with van der Waals surface area (Å²) in [5.41, 5.74) is 2.51. The topological polar surface area (TPSA) is 41.1 Å². The predicted octanol–water partition coefficient (Wildman–Crippen LogP) is 4.74. The standard InChI is InChI=1S/C16H16Cl2N2O/c1-11-14(18)6-3-7-15(11)20-16(21)8-9-19-13-5-2-4-12(17)10-13/h2-7,10,19H,8-9H2,1H3,(H,20,21). The van der Waals surface area contributed by atoms with E-state index in [1.54, 1.807) is 12.1 Å². The van der Waals surface area contributed by atoms with Crippen LogP contribution in [0.3, 0.4) is 0 Å². The van der Waals surface area contributed by atoms with Gasteiger partial charge in [-0.3, -0.25) is 4.79 Å². The third-order valence-corrected chi connectivity index (χ3v) is 3.69. The van der Waals surface area contributed by atoms with Gasteiger partial charge in [-0.1, -0.05) is 35.3 Å². The van der Waals surface area contributed by atoms with Crippen molar-refractivity contribution in [3.63, 3.8) is 0 Å². The minimum absolute atomic E-state index is 0.0603. The number of carbonyl (C=O) groups is 1. The van der Waals surface area contributed by atoms with Gasteiger partial charge in [-0.05, 0) is 42.8 Å². The van der Waals surface area contributed by atoms with Crippen LogP contribution in [0.4, 0.5) is 11.4 Å². The van der Waals surface area contributed by atoms with Gasteiger partial charge < -0.3 is 10.6 Å². The Hall–Kier alpha value is -1.71. The third kappa shape index (κ3) is 4.66. The zero-order valence-electron chi connectivity index (χ0n) is 11.6. The van der Waals surface area contributed by atoms with Gasteiger partial charge in [0, 0.05) is 34.4 Å². The Labute approximate surface area is 134 Å². The number of hydrogen-bond donors (Lipinski definition) is 2. The zero-order valence-corrected chi connectivity index (χ0v) is 13.1. The lowest BCUT2D eigenvalue weighted by Crippen LogP contribution is -2.16. The van der Waals surface area contributed by atoms with Crippen molar-refractivity contribution < 1.29 is 4.79 Å². The highest BCUT2D eigenvalue weighted by Crippen LogP contribution is 2.23. The normalized spacial score (nSPS) is 10.2. The molecule has 0 spiro atoms. The van der Waals surface area contributed by atoms with E-state index < -0.39 is 0 Å². The molecule has 0 aliphatic heterocycles. The summed E-state index contributed by atoms with van der Waals surface area (Å²) >= 11 is 11.9. The first kappa shape index (κ1) is 15.7. The molecule has 0 saturated carbocycles. The summed E-state index contributed by atoms with van der Waals surface area (Å²) in [6.07, 6.45) is 0.360. The lowest BCUT2D eigenvalue weighted by molar-refractivity contribution is -0.115. The summed E-state index contributed by atoms with van der Waals surface area (Å²) in [5.74, 6) is -0.0603. The Kier molecular flexibility index (Phi) is 5.48. The van der Waals surface area contributed by atoms with Gasteiger partial charge in [-0.15, -0.1) is 0 Å². The predicted molar refractivity (Wildman–Crippen MR) is 89.4 cm³/mol. The van der Waals surface area contributed by atoms with Crippen molar-refractivity contribution in [2.45, 2.75) is 13.3 Å². The second kappa shape index (κ2) is 7.34. The van der Waals surface area contributed by atoms with Gasteiger partial charge in [-0.25, -0.2) is 0 Å². The maximum atomic E-state index is 11.9. The highest BCUT2D eigenvalue weighted by molar-refractivity contribution is 6.31. The number of rotatable bonds is 5. The van der Waals surface area contributed by atoms with Crippen LogP contribution in [0.5, 0.6) is 0 Å². The molecule has 2 rings (SSSR count). The van der Waals surface area contributed by atoms with Crippen molar-refractivity contribution in [1.29, 1.82) is 0 Å². The van der Waals surface area contributed by atoms with E-state index in [1.807, 2.05) is 37.3 Å². The first-order valence-electron chi connectivity index (χ1n) is 6.60. The van der Waals surface area contributed by atoms with E-state index in [1.165, 1.54) is 0 Å². The SMILES string of the molecule is Cc1c(Cl)cccc1NC(=O)CCNc1cccc(Cl)c1. The van der Waals surface area contributed by atoms with Crippen LogP contribution < -0.4 is 10.6 Å². The van der Waals surface area contributed by atoms with E-state index in [-0.39, 0.29) is 5.91 Å². The minimum Gasteiger partial charge on any atom is -0.384 e. The van der Waals surface area contributed by atoms with Gasteiger partial charge in [0.1, 0.15) is 0 Å². The van der Waals surface area contributed by atoms with Gasteiger partial charge in [0.05, 0.1) is 0 Å². The van der Waals surface area contributed by atoms with Crippen molar-refractivity contribution in [1.82, 2.24) is 0 Å². The summed E-state index contributed by atoms with van der Waals surface area (Å²) < 4.78 is 0. The van der Waals surface area contributed by atoms with Crippen molar-refractivity contribution in [3.05, 3.63) is 58.1 Å². The smallest absolute Gasteiger partial charge is 0.226 e. The Morgan fingerprint density at radius 3 is 2.67 bits per heavy atom. The van der Waals surface area contributed by atoms with Gasteiger partial charge >= 0.3 is 0 Å². The molecule has 21 heavy (non-hydrogen) atoms. The Bertz CT molecular complexity index is 644. The van der Waals surface area contributed by atoms with Gasteiger partial charge in [0.15, 0.2) is 0 Å². The number of hydrogen-bond acceptors (Lipinski definition) is 2. The van der Waals surface area contributed by atoms with Gasteiger partial charge in [-0.2, -0.15) is 0 Å². The largest absolute Gasteiger partial charge is 0.384 e. The molecule has 3 nitrogen and oxygen atoms in total. The molecule has 0 bridgehead atoms. The number of halogens is 2. The lowest BCUT2D eigenvalue weighted by atomic mass is 10.2. The summed E-state index contributed by atoms with van der Waals surface area (Å²) in [7, 11) is 0. The maximum Gasteiger partial charge on any atom is 0.226 e. The number of benzene rings is 2. The molecule has 2 aromatic carbocycles. The Morgan fingerprint density at radius 1 is 1.14 bits per heavy atom. The molecule has 2 aromatic rings. The molecular formula is C16H16Cl2N2O. The second-order valence-electron chi connectivity index (χ2n) is 4.65. The van der Waals surface area contributed by atoms with E-state index in [4.69, 9.17) is 23.2 Å². The van der Waals surface area contributed by atoms with Crippen molar-refractivity contribution >= 4 is 40.5 Å². The second-order valence-corrected chi connectivity index (χ2v) is 5.49. The van der Waals surface area contributed by atoms with Gasteiger partial charge in [0.2, 0.25) is 5.91 Å². The summed E-state index contributed by atoms with van der Waals surface area (Å²) in [6, 6.07) is 12.8.